The van der Waals surface area contributed by atoms with E-state index in [1.54, 1.807) is 0 Å². The molecule has 0 bridgehead atoms. The lowest BCUT2D eigenvalue weighted by atomic mass is 9.91. The molecule has 0 radical (unpaired) electrons. The SMILES string of the molecule is Cc1ccc(C)n1-c1cc(C(C)(C)C)[n+](C2CCOCC2)[nH]1. The van der Waals surface area contributed by atoms with Gasteiger partial charge in [-0.05, 0) is 26.0 Å². The maximum atomic E-state index is 5.53. The quantitative estimate of drug-likeness (QED) is 0.848. The van der Waals surface area contributed by atoms with E-state index in [1.807, 2.05) is 0 Å². The number of ether oxygens (including phenoxy) is 1. The molecule has 1 N–H and O–H groups in total. The van der Waals surface area contributed by atoms with Crippen molar-refractivity contribution in [3.8, 4) is 5.82 Å². The molecule has 2 aromatic heterocycles. The maximum absolute atomic E-state index is 5.53. The first-order chi connectivity index (χ1) is 10.4. The fourth-order valence-electron chi connectivity index (χ4n) is 3.39. The molecule has 1 saturated heterocycles. The Kier molecular flexibility index (Phi) is 3.89. The normalized spacial score (nSPS) is 17.1. The first kappa shape index (κ1) is 15.3. The van der Waals surface area contributed by atoms with Crippen molar-refractivity contribution in [2.45, 2.75) is 58.9 Å². The molecule has 4 nitrogen and oxygen atoms in total. The van der Waals surface area contributed by atoms with Gasteiger partial charge < -0.3 is 9.30 Å². The highest BCUT2D eigenvalue weighted by Crippen LogP contribution is 2.26. The molecule has 0 spiro atoms. The van der Waals surface area contributed by atoms with Crippen molar-refractivity contribution in [1.29, 1.82) is 0 Å². The minimum absolute atomic E-state index is 0.113. The van der Waals surface area contributed by atoms with Crippen LogP contribution in [0.1, 0.15) is 56.7 Å². The van der Waals surface area contributed by atoms with Crippen LogP contribution in [-0.2, 0) is 10.2 Å². The fraction of sp³-hybridized carbons (Fsp3) is 0.611. The summed E-state index contributed by atoms with van der Waals surface area (Å²) in [7, 11) is 0. The third-order valence-corrected chi connectivity index (χ3v) is 4.60. The predicted octanol–water partition coefficient (Wildman–Crippen LogP) is 3.36. The second-order valence-corrected chi connectivity index (χ2v) is 7.44. The number of rotatable bonds is 2. The van der Waals surface area contributed by atoms with Crippen LogP contribution in [0.4, 0.5) is 0 Å². The van der Waals surface area contributed by atoms with Gasteiger partial charge in [-0.15, -0.1) is 9.78 Å². The highest BCUT2D eigenvalue weighted by Gasteiger charge is 2.35. The van der Waals surface area contributed by atoms with Crippen LogP contribution < -0.4 is 4.68 Å². The van der Waals surface area contributed by atoms with Crippen LogP contribution in [0.3, 0.4) is 0 Å². The van der Waals surface area contributed by atoms with E-state index in [-0.39, 0.29) is 5.41 Å². The van der Waals surface area contributed by atoms with Crippen LogP contribution in [0, 0.1) is 13.8 Å². The van der Waals surface area contributed by atoms with Crippen LogP contribution >= 0.6 is 0 Å². The average Bonchev–Trinajstić information content (AvgIpc) is 3.03. The first-order valence-corrected chi connectivity index (χ1v) is 8.26. The van der Waals surface area contributed by atoms with E-state index in [1.165, 1.54) is 17.1 Å². The number of aromatic nitrogens is 3. The van der Waals surface area contributed by atoms with Crippen LogP contribution in [0.5, 0.6) is 0 Å². The zero-order chi connectivity index (χ0) is 15.9. The molecule has 0 unspecified atom stereocenters. The van der Waals surface area contributed by atoms with Gasteiger partial charge in [-0.1, -0.05) is 20.8 Å². The lowest BCUT2D eigenvalue weighted by molar-refractivity contribution is -0.785. The monoisotopic (exact) mass is 302 g/mol. The molecule has 1 aliphatic heterocycles. The molecule has 0 saturated carbocycles. The third-order valence-electron chi connectivity index (χ3n) is 4.60. The first-order valence-electron chi connectivity index (χ1n) is 8.26. The van der Waals surface area contributed by atoms with E-state index in [4.69, 9.17) is 4.74 Å². The van der Waals surface area contributed by atoms with Gasteiger partial charge in [0, 0.05) is 29.6 Å². The molecule has 1 fully saturated rings. The zero-order valence-corrected chi connectivity index (χ0v) is 14.4. The Bertz CT molecular complexity index is 635. The highest BCUT2D eigenvalue weighted by molar-refractivity contribution is 5.32. The van der Waals surface area contributed by atoms with Crippen LogP contribution in [0.15, 0.2) is 18.2 Å². The maximum Gasteiger partial charge on any atom is 0.215 e. The lowest BCUT2D eigenvalue weighted by Crippen LogP contribution is -2.49. The molecule has 3 rings (SSSR count). The Hall–Kier alpha value is -1.55. The number of nitrogens with one attached hydrogen (secondary N) is 1. The number of H-pyrrole nitrogens is 1. The van der Waals surface area contributed by atoms with Gasteiger partial charge >= 0.3 is 0 Å². The second kappa shape index (κ2) is 5.58. The molecule has 1 aliphatic rings. The van der Waals surface area contributed by atoms with E-state index in [0.29, 0.717) is 6.04 Å². The third kappa shape index (κ3) is 2.72. The molecule has 2 aromatic rings. The standard InChI is InChI=1S/C18H27N3O/c1-13-6-7-14(2)20(13)17-12-16(18(3,4)5)21(19-17)15-8-10-22-11-9-15/h6-7,12,15H,8-11H2,1-5H3/p+1. The van der Waals surface area contributed by atoms with Crippen LogP contribution in [-0.4, -0.2) is 22.9 Å². The number of aryl methyl sites for hydroxylation is 2. The number of hydrogen-bond acceptors (Lipinski definition) is 1. The van der Waals surface area contributed by atoms with Gasteiger partial charge in [0.15, 0.2) is 11.9 Å². The summed E-state index contributed by atoms with van der Waals surface area (Å²) in [6, 6.07) is 7.17. The van der Waals surface area contributed by atoms with Crippen molar-refractivity contribution >= 4 is 0 Å². The number of nitrogens with zero attached hydrogens (tertiary/aromatic N) is 2. The Morgan fingerprint density at radius 3 is 2.27 bits per heavy atom. The van der Waals surface area contributed by atoms with Crippen molar-refractivity contribution in [1.82, 2.24) is 9.67 Å². The van der Waals surface area contributed by atoms with Crippen molar-refractivity contribution in [2.24, 2.45) is 0 Å². The molecule has 0 aromatic carbocycles. The van der Waals surface area contributed by atoms with Gasteiger partial charge in [-0.25, -0.2) is 0 Å². The largest absolute Gasteiger partial charge is 0.381 e. The smallest absolute Gasteiger partial charge is 0.215 e. The summed E-state index contributed by atoms with van der Waals surface area (Å²) < 4.78 is 10.2. The Morgan fingerprint density at radius 2 is 1.73 bits per heavy atom. The van der Waals surface area contributed by atoms with Crippen molar-refractivity contribution < 1.29 is 9.42 Å². The van der Waals surface area contributed by atoms with Crippen LogP contribution in [0.2, 0.25) is 0 Å². The minimum atomic E-state index is 0.113. The lowest BCUT2D eigenvalue weighted by Gasteiger charge is -2.20. The number of hydrogen-bond donors (Lipinski definition) is 1. The summed E-state index contributed by atoms with van der Waals surface area (Å²) in [5.41, 5.74) is 4.00. The molecule has 120 valence electrons. The van der Waals surface area contributed by atoms with Crippen LogP contribution in [0.25, 0.3) is 5.82 Å². The molecule has 0 aliphatic carbocycles. The second-order valence-electron chi connectivity index (χ2n) is 7.44. The topological polar surface area (TPSA) is 33.8 Å². The molecule has 3 heterocycles. The van der Waals surface area contributed by atoms with Crippen molar-refractivity contribution in [3.63, 3.8) is 0 Å². The summed E-state index contributed by atoms with van der Waals surface area (Å²) in [6.45, 7) is 12.9. The molecule has 0 atom stereocenters. The van der Waals surface area contributed by atoms with Gasteiger partial charge in [0.25, 0.3) is 0 Å². The van der Waals surface area contributed by atoms with E-state index >= 15 is 0 Å². The summed E-state index contributed by atoms with van der Waals surface area (Å²) in [4.78, 5) is 0. The van der Waals surface area contributed by atoms with Gasteiger partial charge in [0.1, 0.15) is 0 Å². The molecular weight excluding hydrogens is 274 g/mol. The van der Waals surface area contributed by atoms with E-state index in [2.05, 4.69) is 67.2 Å². The molecular formula is C18H28N3O+. The van der Waals surface area contributed by atoms with E-state index in [0.717, 1.165) is 31.9 Å². The summed E-state index contributed by atoms with van der Waals surface area (Å²) in [5.74, 6) is 1.16. The van der Waals surface area contributed by atoms with Crippen molar-refractivity contribution in [3.05, 3.63) is 35.3 Å². The van der Waals surface area contributed by atoms with Gasteiger partial charge in [0.05, 0.1) is 19.3 Å². The Labute approximate surface area is 133 Å². The number of aromatic amines is 1. The molecule has 0 amide bonds. The van der Waals surface area contributed by atoms with Gasteiger partial charge in [-0.3, -0.25) is 0 Å². The summed E-state index contributed by atoms with van der Waals surface area (Å²) in [6.07, 6.45) is 2.16. The summed E-state index contributed by atoms with van der Waals surface area (Å²) in [5, 5.41) is 3.67. The minimum Gasteiger partial charge on any atom is -0.381 e. The Balaban J connectivity index is 2.09. The fourth-order valence-corrected chi connectivity index (χ4v) is 3.39. The van der Waals surface area contributed by atoms with E-state index in [9.17, 15) is 0 Å². The van der Waals surface area contributed by atoms with Crippen molar-refractivity contribution in [2.75, 3.05) is 13.2 Å². The summed E-state index contributed by atoms with van der Waals surface area (Å²) >= 11 is 0. The van der Waals surface area contributed by atoms with E-state index < -0.39 is 0 Å². The molecule has 22 heavy (non-hydrogen) atoms. The highest BCUT2D eigenvalue weighted by atomic mass is 16.5. The molecule has 4 heteroatoms. The zero-order valence-electron chi connectivity index (χ0n) is 14.4. The van der Waals surface area contributed by atoms with Gasteiger partial charge in [0.2, 0.25) is 5.69 Å². The predicted molar refractivity (Wildman–Crippen MR) is 87.6 cm³/mol. The van der Waals surface area contributed by atoms with Gasteiger partial charge in [-0.2, -0.15) is 0 Å². The average molecular weight is 302 g/mol. The Morgan fingerprint density at radius 1 is 1.14 bits per heavy atom.